The van der Waals surface area contributed by atoms with E-state index in [4.69, 9.17) is 11.6 Å². The van der Waals surface area contributed by atoms with Crippen LogP contribution >= 0.6 is 11.6 Å². The molecule has 1 fully saturated rings. The van der Waals surface area contributed by atoms with Crippen LogP contribution in [0.15, 0.2) is 18.2 Å². The fourth-order valence-corrected chi connectivity index (χ4v) is 2.45. The summed E-state index contributed by atoms with van der Waals surface area (Å²) in [4.78, 5) is 25.7. The second-order valence-electron chi connectivity index (χ2n) is 5.93. The molecule has 0 unspecified atom stereocenters. The number of hydrogen-bond acceptors (Lipinski definition) is 3. The molecule has 2 rings (SSSR count). The van der Waals surface area contributed by atoms with Gasteiger partial charge in [0.15, 0.2) is 0 Å². The van der Waals surface area contributed by atoms with Crippen molar-refractivity contribution in [2.45, 2.75) is 38.5 Å². The van der Waals surface area contributed by atoms with E-state index >= 15 is 0 Å². The zero-order valence-corrected chi connectivity index (χ0v) is 13.8. The molecule has 7 heteroatoms. The van der Waals surface area contributed by atoms with E-state index in [-0.39, 0.29) is 23.4 Å². The molecule has 0 aliphatic heterocycles. The smallest absolute Gasteiger partial charge is 0.247 e. The Labute approximate surface area is 139 Å². The summed E-state index contributed by atoms with van der Waals surface area (Å²) in [5.74, 6) is -1.14. The van der Waals surface area contributed by atoms with Crippen LogP contribution in [0.3, 0.4) is 0 Å². The maximum Gasteiger partial charge on any atom is 0.247 e. The van der Waals surface area contributed by atoms with Crippen molar-refractivity contribution >= 4 is 23.4 Å². The molecule has 1 aromatic rings. The van der Waals surface area contributed by atoms with Crippen molar-refractivity contribution in [3.63, 3.8) is 0 Å². The number of carbonyl (C=O) groups is 2. The number of halogens is 2. The number of carbonyl (C=O) groups excluding carboxylic acids is 2. The van der Waals surface area contributed by atoms with Crippen LogP contribution in [-0.2, 0) is 16.1 Å². The molecule has 0 saturated heterocycles. The Hall–Kier alpha value is -1.66. The van der Waals surface area contributed by atoms with Crippen LogP contribution in [-0.4, -0.2) is 41.0 Å². The highest BCUT2D eigenvalue weighted by molar-refractivity contribution is 6.31. The van der Waals surface area contributed by atoms with E-state index < -0.39 is 23.9 Å². The van der Waals surface area contributed by atoms with Crippen molar-refractivity contribution in [3.8, 4) is 0 Å². The Balaban J connectivity index is 2.04. The number of benzene rings is 1. The van der Waals surface area contributed by atoms with E-state index in [9.17, 15) is 19.1 Å². The van der Waals surface area contributed by atoms with Gasteiger partial charge in [0.2, 0.25) is 11.8 Å². The van der Waals surface area contributed by atoms with Gasteiger partial charge < -0.3 is 15.3 Å². The summed E-state index contributed by atoms with van der Waals surface area (Å²) < 4.78 is 13.1. The summed E-state index contributed by atoms with van der Waals surface area (Å²) in [6, 6.07) is 2.94. The van der Waals surface area contributed by atoms with Crippen molar-refractivity contribution in [2.24, 2.45) is 5.92 Å². The van der Waals surface area contributed by atoms with E-state index in [1.54, 1.807) is 7.05 Å². The lowest BCUT2D eigenvalue weighted by molar-refractivity contribution is -0.139. The van der Waals surface area contributed by atoms with Crippen molar-refractivity contribution in [1.29, 1.82) is 0 Å². The third-order valence-electron chi connectivity index (χ3n) is 3.79. The molecule has 0 bridgehead atoms. The predicted molar refractivity (Wildman–Crippen MR) is 84.2 cm³/mol. The molecule has 1 aromatic carbocycles. The summed E-state index contributed by atoms with van der Waals surface area (Å²) in [6.07, 6.45) is 0.609. The summed E-state index contributed by atoms with van der Waals surface area (Å²) in [5.41, 5.74) is 0.585. The number of aliphatic hydroxyl groups is 1. The lowest BCUT2D eigenvalue weighted by atomic mass is 10.1. The van der Waals surface area contributed by atoms with Crippen LogP contribution in [0.5, 0.6) is 0 Å². The zero-order chi connectivity index (χ0) is 17.1. The number of rotatable bonds is 6. The van der Waals surface area contributed by atoms with E-state index in [0.29, 0.717) is 5.56 Å². The number of aliphatic hydroxyl groups excluding tert-OH is 1. The molecule has 0 spiro atoms. The van der Waals surface area contributed by atoms with Gasteiger partial charge in [-0.25, -0.2) is 4.39 Å². The molecule has 0 radical (unpaired) electrons. The zero-order valence-electron chi connectivity index (χ0n) is 13.1. The summed E-state index contributed by atoms with van der Waals surface area (Å²) in [5, 5.41) is 12.6. The Bertz CT molecular complexity index is 605. The third-order valence-corrected chi connectivity index (χ3v) is 4.15. The first-order valence-electron chi connectivity index (χ1n) is 7.47. The third kappa shape index (κ3) is 4.65. The first kappa shape index (κ1) is 17.7. The van der Waals surface area contributed by atoms with E-state index in [1.165, 1.54) is 30.0 Å². The molecular weight excluding hydrogens is 323 g/mol. The summed E-state index contributed by atoms with van der Waals surface area (Å²) >= 11 is 5.96. The van der Waals surface area contributed by atoms with Crippen LogP contribution in [0.25, 0.3) is 0 Å². The average Bonchev–Trinajstić information content (AvgIpc) is 3.31. The molecule has 23 heavy (non-hydrogen) atoms. The first-order valence-corrected chi connectivity index (χ1v) is 7.84. The highest BCUT2D eigenvalue weighted by Crippen LogP contribution is 2.29. The highest BCUT2D eigenvalue weighted by atomic mass is 35.5. The van der Waals surface area contributed by atoms with Gasteiger partial charge in [-0.3, -0.25) is 9.59 Å². The summed E-state index contributed by atoms with van der Waals surface area (Å²) in [6.45, 7) is 1.61. The molecule has 1 aliphatic carbocycles. The minimum Gasteiger partial charge on any atom is -0.391 e. The number of hydrogen-bond donors (Lipinski definition) is 2. The molecule has 1 saturated carbocycles. The van der Waals surface area contributed by atoms with Gasteiger partial charge in [-0.1, -0.05) is 17.7 Å². The highest BCUT2D eigenvalue weighted by Gasteiger charge is 2.35. The van der Waals surface area contributed by atoms with Gasteiger partial charge in [0, 0.05) is 24.5 Å². The largest absolute Gasteiger partial charge is 0.391 e. The van der Waals surface area contributed by atoms with Gasteiger partial charge >= 0.3 is 0 Å². The van der Waals surface area contributed by atoms with Gasteiger partial charge in [0.05, 0.1) is 6.10 Å². The van der Waals surface area contributed by atoms with Crippen LogP contribution in [0.1, 0.15) is 25.3 Å². The van der Waals surface area contributed by atoms with E-state index in [2.05, 4.69) is 5.32 Å². The fourth-order valence-electron chi connectivity index (χ4n) is 2.23. The normalized spacial score (nSPS) is 16.6. The van der Waals surface area contributed by atoms with Crippen LogP contribution in [0.2, 0.25) is 5.02 Å². The summed E-state index contributed by atoms with van der Waals surface area (Å²) in [7, 11) is 1.54. The van der Waals surface area contributed by atoms with Crippen LogP contribution in [0.4, 0.5) is 4.39 Å². The fraction of sp³-hybridized carbons (Fsp3) is 0.500. The Kier molecular flexibility index (Phi) is 5.59. The van der Waals surface area contributed by atoms with Crippen molar-refractivity contribution in [1.82, 2.24) is 10.2 Å². The topological polar surface area (TPSA) is 69.6 Å². The van der Waals surface area contributed by atoms with Crippen LogP contribution in [0, 0.1) is 11.7 Å². The Morgan fingerprint density at radius 2 is 2.13 bits per heavy atom. The molecule has 1 aliphatic rings. The van der Waals surface area contributed by atoms with E-state index in [0.717, 1.165) is 12.8 Å². The van der Waals surface area contributed by atoms with Gasteiger partial charge in [-0.05, 0) is 37.5 Å². The minimum absolute atomic E-state index is 0.0547. The molecule has 126 valence electrons. The second-order valence-corrected chi connectivity index (χ2v) is 6.34. The first-order chi connectivity index (χ1) is 10.8. The molecule has 2 atom stereocenters. The number of nitrogens with zero attached hydrogens (tertiary/aromatic N) is 1. The molecule has 2 N–H and O–H groups in total. The minimum atomic E-state index is -1.02. The van der Waals surface area contributed by atoms with E-state index in [1.807, 2.05) is 0 Å². The number of likely N-dealkylation sites (N-methyl/N-ethyl adjacent to an activating group) is 1. The van der Waals surface area contributed by atoms with Crippen molar-refractivity contribution < 1.29 is 19.1 Å². The predicted octanol–water partition coefficient (Wildman–Crippen LogP) is 1.71. The number of nitrogens with one attached hydrogen (secondary N) is 1. The molecule has 0 aromatic heterocycles. The van der Waals surface area contributed by atoms with Gasteiger partial charge in [-0.2, -0.15) is 0 Å². The molecule has 2 amide bonds. The monoisotopic (exact) mass is 342 g/mol. The number of amides is 2. The Morgan fingerprint density at radius 1 is 1.48 bits per heavy atom. The molecule has 5 nitrogen and oxygen atoms in total. The Morgan fingerprint density at radius 3 is 2.65 bits per heavy atom. The maximum atomic E-state index is 13.1. The second kappa shape index (κ2) is 7.27. The SMILES string of the molecule is C[C@@H](O)[C@@H](NC(=O)C1CC1)C(=O)N(C)Cc1ccc(F)cc1Cl. The molecular formula is C16H20ClFN2O3. The molecule has 0 heterocycles. The standard InChI is InChI=1S/C16H20ClFN2O3/c1-9(21)14(19-15(22)10-3-4-10)16(23)20(2)8-11-5-6-12(18)7-13(11)17/h5-7,9-10,14,21H,3-4,8H2,1-2H3,(H,19,22)/t9-,14-/m1/s1. The van der Waals surface area contributed by atoms with Gasteiger partial charge in [0.25, 0.3) is 0 Å². The van der Waals surface area contributed by atoms with Crippen molar-refractivity contribution in [2.75, 3.05) is 7.05 Å². The lowest BCUT2D eigenvalue weighted by Crippen LogP contribution is -2.53. The van der Waals surface area contributed by atoms with Gasteiger partial charge in [0.1, 0.15) is 11.9 Å². The van der Waals surface area contributed by atoms with Gasteiger partial charge in [-0.15, -0.1) is 0 Å². The quantitative estimate of drug-likeness (QED) is 0.827. The lowest BCUT2D eigenvalue weighted by Gasteiger charge is -2.26. The average molecular weight is 343 g/mol. The van der Waals surface area contributed by atoms with Crippen molar-refractivity contribution in [3.05, 3.63) is 34.6 Å². The van der Waals surface area contributed by atoms with Crippen LogP contribution < -0.4 is 5.32 Å². The maximum absolute atomic E-state index is 13.1.